The second-order valence-electron chi connectivity index (χ2n) is 0.448. The molecule has 0 aliphatic carbocycles. The van der Waals surface area contributed by atoms with E-state index in [0.29, 0.717) is 0 Å². The molecule has 0 rings (SSSR count). The first-order valence-electron chi connectivity index (χ1n) is 0.698. The molecule has 0 saturated carbocycles. The fraction of sp³-hybridized carbons (Fsp3) is 0. The van der Waals surface area contributed by atoms with Crippen LogP contribution in [0.1, 0.15) is 0 Å². The summed E-state index contributed by atoms with van der Waals surface area (Å²) in [6.45, 7) is 0. The Morgan fingerprint density at radius 3 is 1.14 bits per heavy atom. The second kappa shape index (κ2) is 5.13. The summed E-state index contributed by atoms with van der Waals surface area (Å²) in [5.41, 5.74) is 0. The van der Waals surface area contributed by atoms with Gasteiger partial charge in [0, 0.05) is 17.1 Å². The Labute approximate surface area is 63.9 Å². The van der Waals surface area contributed by atoms with Crippen LogP contribution in [0.3, 0.4) is 0 Å². The molecule has 7 heavy (non-hydrogen) atoms. The zero-order valence-electron chi connectivity index (χ0n) is 2.50. The Morgan fingerprint density at radius 1 is 1.14 bits per heavy atom. The largest absolute Gasteiger partial charge is 0 e. The van der Waals surface area contributed by atoms with Crippen molar-refractivity contribution in [1.29, 1.82) is 0 Å². The van der Waals surface area contributed by atoms with Gasteiger partial charge >= 0.3 is 29.3 Å². The van der Waals surface area contributed by atoms with Gasteiger partial charge in [-0.15, -0.1) is 0 Å². The van der Waals surface area contributed by atoms with E-state index >= 15 is 0 Å². The van der Waals surface area contributed by atoms with Crippen LogP contribution in [0.15, 0.2) is 0 Å². The van der Waals surface area contributed by atoms with Crippen molar-refractivity contribution in [2.45, 2.75) is 0 Å². The van der Waals surface area contributed by atoms with Crippen molar-refractivity contribution in [3.05, 3.63) is 0 Å². The maximum atomic E-state index is 8.74. The van der Waals surface area contributed by atoms with Gasteiger partial charge in [0.1, 0.15) is 0 Å². The quantitative estimate of drug-likeness (QED) is 0.342. The monoisotopic (exact) mass is 161 g/mol. The van der Waals surface area contributed by atoms with Crippen molar-refractivity contribution in [1.82, 2.24) is 0 Å². The van der Waals surface area contributed by atoms with Crippen LogP contribution in [0.5, 0.6) is 0 Å². The predicted octanol–water partition coefficient (Wildman–Crippen LogP) is -1.30. The molecule has 0 aromatic rings. The Morgan fingerprint density at radius 2 is 1.14 bits per heavy atom. The minimum absolute atomic E-state index is 0. The maximum Gasteiger partial charge on any atom is 0 e. The minimum atomic E-state index is -4.67. The molecule has 0 aromatic heterocycles. The fourth-order valence-corrected chi connectivity index (χ4v) is 0. The second-order valence-corrected chi connectivity index (χ2v) is 1.34. The predicted molar refractivity (Wildman–Crippen MR) is 21.3 cm³/mol. The third-order valence-electron chi connectivity index (χ3n) is 0. The molecular weight excluding hydrogens is 158 g/mol. The van der Waals surface area contributed by atoms with E-state index in [9.17, 15) is 0 Å². The summed E-state index contributed by atoms with van der Waals surface area (Å²) in [5.74, 6) is 0. The van der Waals surface area contributed by atoms with Gasteiger partial charge in [0.2, 0.25) is 0 Å². The van der Waals surface area contributed by atoms with Gasteiger partial charge in [-0.2, -0.15) is 8.42 Å². The zero-order chi connectivity index (χ0) is 4.50. The van der Waals surface area contributed by atoms with Crippen molar-refractivity contribution in [3.8, 4) is 0 Å². The third kappa shape index (κ3) is 178. The summed E-state index contributed by atoms with van der Waals surface area (Å²) in [5, 5.41) is 0. The Hall–Kier alpha value is 0.987. The molecule has 0 fully saturated rings. The molecule has 0 saturated heterocycles. The zero-order valence-corrected chi connectivity index (χ0v) is 4.49. The summed E-state index contributed by atoms with van der Waals surface area (Å²) in [7, 11) is -4.67. The van der Waals surface area contributed by atoms with Gasteiger partial charge in [-0.3, -0.25) is 9.11 Å². The Kier molecular flexibility index (Phi) is 11.5. The van der Waals surface area contributed by atoms with Crippen molar-refractivity contribution >= 4 is 29.3 Å². The van der Waals surface area contributed by atoms with Crippen LogP contribution in [0.2, 0.25) is 0 Å². The minimum Gasteiger partial charge on any atom is 0 e. The van der Waals surface area contributed by atoms with Gasteiger partial charge in [-0.05, 0) is 0 Å². The number of hydrogen-bond acceptors (Lipinski definition) is 2. The molecule has 0 aliphatic heterocycles. The first-order valence-corrected chi connectivity index (χ1v) is 2.10. The molecular formula is H3LiMnO4S. The smallest absolute Gasteiger partial charge is 0 e. The van der Waals surface area contributed by atoms with E-state index in [1.807, 2.05) is 0 Å². The molecule has 7 heteroatoms. The third-order valence-corrected chi connectivity index (χ3v) is 0. The molecule has 2 N–H and O–H groups in total. The van der Waals surface area contributed by atoms with E-state index in [4.69, 9.17) is 17.5 Å². The SMILES string of the molecule is O=S(=O)(O)O.[LiH].[Mn]. The number of rotatable bonds is 0. The molecule has 0 unspecified atom stereocenters. The van der Waals surface area contributed by atoms with Gasteiger partial charge < -0.3 is 0 Å². The summed E-state index contributed by atoms with van der Waals surface area (Å²) in [6, 6.07) is 0. The van der Waals surface area contributed by atoms with Crippen LogP contribution in [-0.4, -0.2) is 36.4 Å². The average molecular weight is 161 g/mol. The standard InChI is InChI=1S/Li.Mn.H2O4S.H/c;;1-5(2,3)4;/h;;(H2,1,2,3,4);. The van der Waals surface area contributed by atoms with Crippen molar-refractivity contribution < 1.29 is 34.6 Å². The first-order chi connectivity index (χ1) is 2.00. The van der Waals surface area contributed by atoms with Crippen LogP contribution >= 0.6 is 0 Å². The molecule has 1 radical (unpaired) electrons. The van der Waals surface area contributed by atoms with E-state index in [-0.39, 0.29) is 35.9 Å². The van der Waals surface area contributed by atoms with E-state index < -0.39 is 10.4 Å². The molecule has 0 aliphatic rings. The van der Waals surface area contributed by atoms with Gasteiger partial charge in [0.25, 0.3) is 0 Å². The number of hydrogen-bond donors (Lipinski definition) is 2. The molecule has 0 heterocycles. The molecule has 0 spiro atoms. The Balaban J connectivity index is -0.0000000800. The van der Waals surface area contributed by atoms with Crippen LogP contribution < -0.4 is 0 Å². The van der Waals surface area contributed by atoms with Crippen molar-refractivity contribution in [2.75, 3.05) is 0 Å². The molecule has 0 aromatic carbocycles. The maximum absolute atomic E-state index is 8.74. The molecule has 0 atom stereocenters. The van der Waals surface area contributed by atoms with Gasteiger partial charge in [0.15, 0.2) is 0 Å². The molecule has 41 valence electrons. The van der Waals surface area contributed by atoms with Gasteiger partial charge in [-0.25, -0.2) is 0 Å². The molecule has 0 amide bonds. The van der Waals surface area contributed by atoms with Crippen LogP contribution in [-0.2, 0) is 27.5 Å². The van der Waals surface area contributed by atoms with E-state index in [1.54, 1.807) is 0 Å². The van der Waals surface area contributed by atoms with Crippen LogP contribution in [0.25, 0.3) is 0 Å². The van der Waals surface area contributed by atoms with E-state index in [1.165, 1.54) is 0 Å². The summed E-state index contributed by atoms with van der Waals surface area (Å²) in [6.07, 6.45) is 0. The fourth-order valence-electron chi connectivity index (χ4n) is 0. The van der Waals surface area contributed by atoms with Crippen molar-refractivity contribution in [2.24, 2.45) is 0 Å². The topological polar surface area (TPSA) is 74.6 Å². The normalized spacial score (nSPS) is 8.29. The van der Waals surface area contributed by atoms with Crippen LogP contribution in [0.4, 0.5) is 0 Å². The first kappa shape index (κ1) is 15.7. The average Bonchev–Trinajstić information content (AvgIpc) is 0.722. The summed E-state index contributed by atoms with van der Waals surface area (Å²) >= 11 is 0. The van der Waals surface area contributed by atoms with Crippen LogP contribution in [0, 0.1) is 0 Å². The van der Waals surface area contributed by atoms with Crippen molar-refractivity contribution in [3.63, 3.8) is 0 Å². The molecule has 0 bridgehead atoms. The van der Waals surface area contributed by atoms with Gasteiger partial charge in [-0.1, -0.05) is 0 Å². The van der Waals surface area contributed by atoms with E-state index in [2.05, 4.69) is 0 Å². The van der Waals surface area contributed by atoms with Gasteiger partial charge in [0.05, 0.1) is 0 Å². The summed E-state index contributed by atoms with van der Waals surface area (Å²) < 4.78 is 31.6. The Bertz CT molecular complexity index is 94.9. The summed E-state index contributed by atoms with van der Waals surface area (Å²) in [4.78, 5) is 0. The van der Waals surface area contributed by atoms with E-state index in [0.717, 1.165) is 0 Å². The molecule has 4 nitrogen and oxygen atoms in total.